The quantitative estimate of drug-likeness (QED) is 0.940. The molecule has 21 heavy (non-hydrogen) atoms. The van der Waals surface area contributed by atoms with Gasteiger partial charge in [0.15, 0.2) is 11.4 Å². The lowest BCUT2D eigenvalue weighted by Gasteiger charge is -2.44. The van der Waals surface area contributed by atoms with E-state index in [9.17, 15) is 0 Å². The average molecular weight is 287 g/mol. The number of rotatable bonds is 3. The van der Waals surface area contributed by atoms with Crippen LogP contribution in [0.1, 0.15) is 18.4 Å². The highest BCUT2D eigenvalue weighted by Crippen LogP contribution is 2.34. The number of hydrogen-bond donors (Lipinski definition) is 1. The number of nitrogens with one attached hydrogen (secondary N) is 1. The summed E-state index contributed by atoms with van der Waals surface area (Å²) < 4.78 is 10.9. The highest BCUT2D eigenvalue weighted by atomic mass is 16.5. The monoisotopic (exact) mass is 287 g/mol. The molecule has 4 heterocycles. The molecule has 0 radical (unpaired) electrons. The molecular formula is C16H21N3O2. The zero-order chi connectivity index (χ0) is 14.4. The maximum atomic E-state index is 5.54. The number of anilines is 1. The normalized spacial score (nSPS) is 28.0. The van der Waals surface area contributed by atoms with Crippen molar-refractivity contribution < 1.29 is 9.26 Å². The molecule has 5 heteroatoms. The Morgan fingerprint density at radius 2 is 2.14 bits per heavy atom. The van der Waals surface area contributed by atoms with Crippen LogP contribution in [-0.4, -0.2) is 42.8 Å². The Kier molecular flexibility index (Phi) is 3.03. The van der Waals surface area contributed by atoms with Gasteiger partial charge in [-0.1, -0.05) is 5.16 Å². The molecule has 0 saturated carbocycles. The van der Waals surface area contributed by atoms with Crippen molar-refractivity contribution in [3.8, 4) is 5.75 Å². The van der Waals surface area contributed by atoms with Crippen LogP contribution in [0.15, 0.2) is 16.7 Å². The largest absolute Gasteiger partial charge is 0.496 e. The zero-order valence-electron chi connectivity index (χ0n) is 12.6. The molecule has 3 fully saturated rings. The highest BCUT2D eigenvalue weighted by Gasteiger charge is 2.34. The van der Waals surface area contributed by atoms with E-state index in [0.717, 1.165) is 40.6 Å². The number of methoxy groups -OCH3 is 1. The first-order valence-electron chi connectivity index (χ1n) is 7.68. The standard InChI is InChI=1S/C16H21N3O2/c1-10-14(20-2)4-3-12-15(10)21-18-16(12)17-13-9-19-7-5-11(13)6-8-19/h3-4,11,13H,5-9H2,1-2H3,(H,17,18)/t13-/m0/s1. The van der Waals surface area contributed by atoms with Crippen molar-refractivity contribution in [2.45, 2.75) is 25.8 Å². The van der Waals surface area contributed by atoms with Gasteiger partial charge in [0.05, 0.1) is 12.5 Å². The molecule has 5 nitrogen and oxygen atoms in total. The SMILES string of the molecule is COc1ccc2c(N[C@H]3CN4CCC3CC4)noc2c1C. The number of piperidine rings is 3. The number of fused-ring (bicyclic) bond motifs is 4. The van der Waals surface area contributed by atoms with Gasteiger partial charge in [0.2, 0.25) is 0 Å². The Morgan fingerprint density at radius 3 is 2.81 bits per heavy atom. The van der Waals surface area contributed by atoms with Gasteiger partial charge < -0.3 is 19.5 Å². The van der Waals surface area contributed by atoms with Crippen molar-refractivity contribution >= 4 is 16.8 Å². The minimum atomic E-state index is 0.489. The van der Waals surface area contributed by atoms with Crippen LogP contribution in [0.5, 0.6) is 5.75 Å². The number of hydrogen-bond acceptors (Lipinski definition) is 5. The van der Waals surface area contributed by atoms with Crippen LogP contribution in [0.3, 0.4) is 0 Å². The van der Waals surface area contributed by atoms with Crippen LogP contribution in [0.4, 0.5) is 5.82 Å². The second-order valence-electron chi connectivity index (χ2n) is 6.19. The fourth-order valence-corrected chi connectivity index (χ4v) is 3.75. The molecule has 0 amide bonds. The minimum absolute atomic E-state index is 0.489. The molecule has 1 N–H and O–H groups in total. The number of ether oxygens (including phenoxy) is 1. The number of benzene rings is 1. The van der Waals surface area contributed by atoms with Crippen molar-refractivity contribution in [3.63, 3.8) is 0 Å². The molecule has 5 rings (SSSR count). The highest BCUT2D eigenvalue weighted by molar-refractivity contribution is 5.91. The van der Waals surface area contributed by atoms with E-state index in [1.807, 2.05) is 19.1 Å². The second-order valence-corrected chi connectivity index (χ2v) is 6.19. The fourth-order valence-electron chi connectivity index (χ4n) is 3.75. The van der Waals surface area contributed by atoms with E-state index in [-0.39, 0.29) is 0 Å². The van der Waals surface area contributed by atoms with Gasteiger partial charge in [-0.05, 0) is 50.9 Å². The third-order valence-corrected chi connectivity index (χ3v) is 5.04. The van der Waals surface area contributed by atoms with Crippen molar-refractivity contribution in [3.05, 3.63) is 17.7 Å². The third-order valence-electron chi connectivity index (χ3n) is 5.04. The molecular weight excluding hydrogens is 266 g/mol. The molecule has 3 aliphatic heterocycles. The van der Waals surface area contributed by atoms with Crippen LogP contribution in [0.2, 0.25) is 0 Å². The van der Waals surface area contributed by atoms with E-state index >= 15 is 0 Å². The summed E-state index contributed by atoms with van der Waals surface area (Å²) >= 11 is 0. The molecule has 2 aromatic rings. The Morgan fingerprint density at radius 1 is 1.33 bits per heavy atom. The molecule has 1 aromatic heterocycles. The molecule has 2 bridgehead atoms. The molecule has 112 valence electrons. The van der Waals surface area contributed by atoms with E-state index in [1.165, 1.54) is 25.9 Å². The summed E-state index contributed by atoms with van der Waals surface area (Å²) in [6.07, 6.45) is 2.58. The Labute approximate surface area is 124 Å². The first-order chi connectivity index (χ1) is 10.3. The number of aromatic nitrogens is 1. The minimum Gasteiger partial charge on any atom is -0.496 e. The van der Waals surface area contributed by atoms with Crippen LogP contribution >= 0.6 is 0 Å². The summed E-state index contributed by atoms with van der Waals surface area (Å²) in [5.74, 6) is 2.48. The lowest BCUT2D eigenvalue weighted by molar-refractivity contribution is 0.0973. The second kappa shape index (κ2) is 4.91. The smallest absolute Gasteiger partial charge is 0.177 e. The van der Waals surface area contributed by atoms with Crippen LogP contribution in [0.25, 0.3) is 11.0 Å². The van der Waals surface area contributed by atoms with Crippen LogP contribution < -0.4 is 10.1 Å². The van der Waals surface area contributed by atoms with Gasteiger partial charge in [0.1, 0.15) is 5.75 Å². The first kappa shape index (κ1) is 13.0. The summed E-state index contributed by atoms with van der Waals surface area (Å²) in [4.78, 5) is 2.54. The molecule has 1 aromatic carbocycles. The lowest BCUT2D eigenvalue weighted by atomic mass is 9.84. The summed E-state index contributed by atoms with van der Waals surface area (Å²) in [5, 5.41) is 8.91. The van der Waals surface area contributed by atoms with Gasteiger partial charge >= 0.3 is 0 Å². The summed E-state index contributed by atoms with van der Waals surface area (Å²) in [7, 11) is 1.68. The maximum Gasteiger partial charge on any atom is 0.177 e. The topological polar surface area (TPSA) is 50.5 Å². The van der Waals surface area contributed by atoms with Crippen LogP contribution in [0, 0.1) is 12.8 Å². The van der Waals surface area contributed by atoms with Crippen molar-refractivity contribution in [2.24, 2.45) is 5.92 Å². The molecule has 1 atom stereocenters. The Bertz CT molecular complexity index is 659. The lowest BCUT2D eigenvalue weighted by Crippen LogP contribution is -2.53. The number of nitrogens with zero attached hydrogens (tertiary/aromatic N) is 2. The van der Waals surface area contributed by atoms with Gasteiger partial charge in [0.25, 0.3) is 0 Å². The summed E-state index contributed by atoms with van der Waals surface area (Å²) in [5.41, 5.74) is 1.82. The van der Waals surface area contributed by atoms with E-state index < -0.39 is 0 Å². The fraction of sp³-hybridized carbons (Fsp3) is 0.562. The van der Waals surface area contributed by atoms with Gasteiger partial charge in [-0.25, -0.2) is 0 Å². The predicted octanol–water partition coefficient (Wildman–Crippen LogP) is 2.65. The van der Waals surface area contributed by atoms with E-state index in [1.54, 1.807) is 7.11 Å². The number of aryl methyl sites for hydroxylation is 1. The maximum absolute atomic E-state index is 5.54. The average Bonchev–Trinajstić information content (AvgIpc) is 2.93. The van der Waals surface area contributed by atoms with Crippen molar-refractivity contribution in [1.82, 2.24) is 10.1 Å². The van der Waals surface area contributed by atoms with Crippen LogP contribution in [-0.2, 0) is 0 Å². The Hall–Kier alpha value is -1.75. The summed E-state index contributed by atoms with van der Waals surface area (Å²) in [6.45, 7) is 5.62. The summed E-state index contributed by atoms with van der Waals surface area (Å²) in [6, 6.07) is 4.50. The molecule has 3 aliphatic rings. The van der Waals surface area contributed by atoms with E-state index in [0.29, 0.717) is 6.04 Å². The molecule has 0 unspecified atom stereocenters. The zero-order valence-corrected chi connectivity index (χ0v) is 12.6. The Balaban J connectivity index is 1.64. The predicted molar refractivity (Wildman–Crippen MR) is 81.9 cm³/mol. The first-order valence-corrected chi connectivity index (χ1v) is 7.68. The van der Waals surface area contributed by atoms with E-state index in [2.05, 4.69) is 15.4 Å². The molecule has 3 saturated heterocycles. The van der Waals surface area contributed by atoms with E-state index in [4.69, 9.17) is 9.26 Å². The third kappa shape index (κ3) is 2.07. The van der Waals surface area contributed by atoms with Gasteiger partial charge in [0, 0.05) is 18.2 Å². The van der Waals surface area contributed by atoms with Gasteiger partial charge in [-0.2, -0.15) is 0 Å². The molecule has 0 aliphatic carbocycles. The van der Waals surface area contributed by atoms with Crippen molar-refractivity contribution in [1.29, 1.82) is 0 Å². The van der Waals surface area contributed by atoms with Gasteiger partial charge in [-0.3, -0.25) is 0 Å². The van der Waals surface area contributed by atoms with Gasteiger partial charge in [-0.15, -0.1) is 0 Å². The van der Waals surface area contributed by atoms with Crippen molar-refractivity contribution in [2.75, 3.05) is 32.1 Å². The molecule has 0 spiro atoms.